The van der Waals surface area contributed by atoms with E-state index < -0.39 is 0 Å². The zero-order valence-corrected chi connectivity index (χ0v) is 9.65. The summed E-state index contributed by atoms with van der Waals surface area (Å²) < 4.78 is 0. The number of unbranched alkanes of at least 4 members (excludes halogenated alkanes) is 6. The van der Waals surface area contributed by atoms with Crippen LogP contribution in [0.25, 0.3) is 0 Å². The van der Waals surface area contributed by atoms with E-state index >= 15 is 0 Å². The topological polar surface area (TPSA) is 24.1 Å². The van der Waals surface area contributed by atoms with Gasteiger partial charge in [-0.3, -0.25) is 0 Å². The molecule has 1 rings (SSSR count). The molecule has 1 aliphatic heterocycles. The fourth-order valence-electron chi connectivity index (χ4n) is 2.07. The van der Waals surface area contributed by atoms with Gasteiger partial charge in [0.05, 0.1) is 6.17 Å². The first-order valence-electron chi connectivity index (χ1n) is 6.40. The number of hydrogen-bond acceptors (Lipinski definition) is 2. The van der Waals surface area contributed by atoms with Crippen LogP contribution in [-0.2, 0) is 0 Å². The summed E-state index contributed by atoms with van der Waals surface area (Å²) in [6, 6.07) is 0. The molecular weight excluding hydrogens is 172 g/mol. The second-order valence-corrected chi connectivity index (χ2v) is 4.37. The monoisotopic (exact) mass is 198 g/mol. The van der Waals surface area contributed by atoms with E-state index in [1.807, 2.05) is 0 Å². The summed E-state index contributed by atoms with van der Waals surface area (Å²) in [6.07, 6.45) is 11.8. The van der Waals surface area contributed by atoms with Crippen LogP contribution in [-0.4, -0.2) is 19.3 Å². The molecule has 0 bridgehead atoms. The zero-order valence-electron chi connectivity index (χ0n) is 9.65. The first-order chi connectivity index (χ1) is 6.93. The number of nitrogens with one attached hydrogen (secondary N) is 2. The Labute approximate surface area is 88.8 Å². The SMILES string of the molecule is CCCCCCCCCC1NCCN1. The van der Waals surface area contributed by atoms with Crippen LogP contribution in [0, 0.1) is 0 Å². The lowest BCUT2D eigenvalue weighted by Crippen LogP contribution is -2.30. The highest BCUT2D eigenvalue weighted by Gasteiger charge is 2.10. The molecule has 0 radical (unpaired) electrons. The highest BCUT2D eigenvalue weighted by molar-refractivity contribution is 4.71. The minimum absolute atomic E-state index is 0.616. The average Bonchev–Trinajstić information content (AvgIpc) is 2.69. The molecule has 14 heavy (non-hydrogen) atoms. The molecule has 0 aliphatic carbocycles. The average molecular weight is 198 g/mol. The molecule has 0 spiro atoms. The number of rotatable bonds is 8. The molecule has 0 aromatic carbocycles. The Morgan fingerprint density at radius 1 is 0.857 bits per heavy atom. The van der Waals surface area contributed by atoms with Crippen LogP contribution in [0.3, 0.4) is 0 Å². The van der Waals surface area contributed by atoms with Crippen molar-refractivity contribution < 1.29 is 0 Å². The van der Waals surface area contributed by atoms with Crippen molar-refractivity contribution in [3.05, 3.63) is 0 Å². The van der Waals surface area contributed by atoms with Gasteiger partial charge in [0.15, 0.2) is 0 Å². The highest BCUT2D eigenvalue weighted by Crippen LogP contribution is 2.09. The molecule has 2 nitrogen and oxygen atoms in total. The fraction of sp³-hybridized carbons (Fsp3) is 1.00. The summed E-state index contributed by atoms with van der Waals surface area (Å²) >= 11 is 0. The van der Waals surface area contributed by atoms with E-state index in [0.29, 0.717) is 6.17 Å². The smallest absolute Gasteiger partial charge is 0.0572 e. The van der Waals surface area contributed by atoms with Crippen LogP contribution < -0.4 is 10.6 Å². The van der Waals surface area contributed by atoms with Crippen LogP contribution in [0.2, 0.25) is 0 Å². The third-order valence-corrected chi connectivity index (χ3v) is 3.00. The van der Waals surface area contributed by atoms with Gasteiger partial charge in [0.1, 0.15) is 0 Å². The van der Waals surface area contributed by atoms with Crippen LogP contribution >= 0.6 is 0 Å². The molecule has 1 saturated heterocycles. The molecule has 2 N–H and O–H groups in total. The van der Waals surface area contributed by atoms with Gasteiger partial charge in [-0.15, -0.1) is 0 Å². The third-order valence-electron chi connectivity index (χ3n) is 3.00. The van der Waals surface area contributed by atoms with Gasteiger partial charge in [-0.2, -0.15) is 0 Å². The third kappa shape index (κ3) is 5.61. The lowest BCUT2D eigenvalue weighted by Gasteiger charge is -2.09. The summed E-state index contributed by atoms with van der Waals surface area (Å²) in [5, 5.41) is 6.91. The predicted molar refractivity (Wildman–Crippen MR) is 62.4 cm³/mol. The first kappa shape index (κ1) is 12.0. The van der Waals surface area contributed by atoms with E-state index in [1.54, 1.807) is 0 Å². The van der Waals surface area contributed by atoms with Crippen molar-refractivity contribution in [3.63, 3.8) is 0 Å². The van der Waals surface area contributed by atoms with Crippen LogP contribution in [0.4, 0.5) is 0 Å². The Morgan fingerprint density at radius 2 is 1.43 bits per heavy atom. The second-order valence-electron chi connectivity index (χ2n) is 4.37. The van der Waals surface area contributed by atoms with Crippen LogP contribution in [0.5, 0.6) is 0 Å². The molecule has 0 aromatic heterocycles. The molecule has 0 amide bonds. The van der Waals surface area contributed by atoms with Gasteiger partial charge in [-0.25, -0.2) is 0 Å². The van der Waals surface area contributed by atoms with E-state index in [0.717, 1.165) is 13.1 Å². The lowest BCUT2D eigenvalue weighted by atomic mass is 10.1. The molecule has 0 aromatic rings. The molecule has 2 heteroatoms. The van der Waals surface area contributed by atoms with Crippen molar-refractivity contribution >= 4 is 0 Å². The summed E-state index contributed by atoms with van der Waals surface area (Å²) in [7, 11) is 0. The Kier molecular flexibility index (Phi) is 7.06. The molecule has 1 aliphatic rings. The van der Waals surface area contributed by atoms with Crippen molar-refractivity contribution in [1.82, 2.24) is 10.6 Å². The maximum atomic E-state index is 3.46. The summed E-state index contributed by atoms with van der Waals surface area (Å²) in [5.74, 6) is 0. The molecule has 1 fully saturated rings. The zero-order chi connectivity index (χ0) is 10.1. The van der Waals surface area contributed by atoms with E-state index in [9.17, 15) is 0 Å². The highest BCUT2D eigenvalue weighted by atomic mass is 15.2. The van der Waals surface area contributed by atoms with Gasteiger partial charge in [0.2, 0.25) is 0 Å². The molecule has 84 valence electrons. The summed E-state index contributed by atoms with van der Waals surface area (Å²) in [4.78, 5) is 0. The molecule has 0 atom stereocenters. The standard InChI is InChI=1S/C12H26N2/c1-2-3-4-5-6-7-8-9-12-13-10-11-14-12/h12-14H,2-11H2,1H3. The fourth-order valence-corrected chi connectivity index (χ4v) is 2.07. The van der Waals surface area contributed by atoms with Crippen molar-refractivity contribution in [2.75, 3.05) is 13.1 Å². The van der Waals surface area contributed by atoms with E-state index in [-0.39, 0.29) is 0 Å². The van der Waals surface area contributed by atoms with E-state index in [2.05, 4.69) is 17.6 Å². The summed E-state index contributed by atoms with van der Waals surface area (Å²) in [5.41, 5.74) is 0. The Hall–Kier alpha value is -0.0800. The van der Waals surface area contributed by atoms with Gasteiger partial charge in [0, 0.05) is 13.1 Å². The minimum Gasteiger partial charge on any atom is -0.301 e. The van der Waals surface area contributed by atoms with Gasteiger partial charge in [0.25, 0.3) is 0 Å². The second kappa shape index (κ2) is 8.25. The largest absolute Gasteiger partial charge is 0.301 e. The number of hydrogen-bond donors (Lipinski definition) is 2. The van der Waals surface area contributed by atoms with E-state index in [4.69, 9.17) is 0 Å². The van der Waals surface area contributed by atoms with Crippen molar-refractivity contribution in [3.8, 4) is 0 Å². The van der Waals surface area contributed by atoms with E-state index in [1.165, 1.54) is 51.4 Å². The molecular formula is C12H26N2. The Morgan fingerprint density at radius 3 is 2.07 bits per heavy atom. The summed E-state index contributed by atoms with van der Waals surface area (Å²) in [6.45, 7) is 4.58. The van der Waals surface area contributed by atoms with Crippen molar-refractivity contribution in [1.29, 1.82) is 0 Å². The molecule has 1 heterocycles. The maximum Gasteiger partial charge on any atom is 0.0572 e. The van der Waals surface area contributed by atoms with Crippen molar-refractivity contribution in [2.24, 2.45) is 0 Å². The van der Waals surface area contributed by atoms with Gasteiger partial charge in [-0.05, 0) is 6.42 Å². The molecule has 0 saturated carbocycles. The van der Waals surface area contributed by atoms with Gasteiger partial charge < -0.3 is 10.6 Å². The lowest BCUT2D eigenvalue weighted by molar-refractivity contribution is 0.473. The quantitative estimate of drug-likeness (QED) is 0.586. The van der Waals surface area contributed by atoms with Gasteiger partial charge in [-0.1, -0.05) is 51.9 Å². The van der Waals surface area contributed by atoms with Crippen LogP contribution in [0.15, 0.2) is 0 Å². The van der Waals surface area contributed by atoms with Crippen molar-refractivity contribution in [2.45, 2.75) is 64.5 Å². The Balaban J connectivity index is 1.75. The normalized spacial score (nSPS) is 17.8. The predicted octanol–water partition coefficient (Wildman–Crippen LogP) is 2.65. The molecule has 0 unspecified atom stereocenters. The first-order valence-corrected chi connectivity index (χ1v) is 6.40. The van der Waals surface area contributed by atoms with Gasteiger partial charge >= 0.3 is 0 Å². The Bertz CT molecular complexity index is 119. The van der Waals surface area contributed by atoms with Crippen LogP contribution in [0.1, 0.15) is 58.3 Å². The minimum atomic E-state index is 0.616. The maximum absolute atomic E-state index is 3.46.